The maximum absolute atomic E-state index is 12.5. The van der Waals surface area contributed by atoms with Crippen molar-refractivity contribution in [3.63, 3.8) is 0 Å². The van der Waals surface area contributed by atoms with Gasteiger partial charge in [-0.05, 0) is 99.3 Å². The molecule has 0 radical (unpaired) electrons. The van der Waals surface area contributed by atoms with Gasteiger partial charge in [0.05, 0.1) is 6.21 Å². The lowest BCUT2D eigenvalue weighted by Crippen LogP contribution is -2.27. The molecule has 4 rings (SSSR count). The van der Waals surface area contributed by atoms with Crippen LogP contribution in [0.15, 0.2) is 65.8 Å². The van der Waals surface area contributed by atoms with Crippen molar-refractivity contribution in [3.8, 4) is 0 Å². The molecule has 0 aliphatic carbocycles. The number of aromatic nitrogens is 1. The van der Waals surface area contributed by atoms with Crippen molar-refractivity contribution in [2.24, 2.45) is 5.10 Å². The summed E-state index contributed by atoms with van der Waals surface area (Å²) in [6, 6.07) is 20.8. The Labute approximate surface area is 242 Å². The van der Waals surface area contributed by atoms with Crippen molar-refractivity contribution in [2.75, 3.05) is 29.7 Å². The second-order valence-electron chi connectivity index (χ2n) is 7.97. The van der Waals surface area contributed by atoms with E-state index in [2.05, 4.69) is 102 Å². The van der Waals surface area contributed by atoms with E-state index in [0.29, 0.717) is 24.7 Å². The highest BCUT2D eigenvalue weighted by Crippen LogP contribution is 2.31. The average Bonchev–Trinajstić information content (AvgIpc) is 3.15. The molecule has 1 heterocycles. The van der Waals surface area contributed by atoms with Gasteiger partial charge in [-0.15, -0.1) is 23.2 Å². The Morgan fingerprint density at radius 1 is 0.914 bits per heavy atom. The topological polar surface area (TPSA) is 49.6 Å². The zero-order valence-corrected chi connectivity index (χ0v) is 24.7. The van der Waals surface area contributed by atoms with Gasteiger partial charge < -0.3 is 9.47 Å². The molecule has 3 aromatic carbocycles. The fourth-order valence-electron chi connectivity index (χ4n) is 4.08. The molecule has 9 heteroatoms. The molecule has 35 heavy (non-hydrogen) atoms. The molecule has 0 aliphatic rings. The summed E-state index contributed by atoms with van der Waals surface area (Å²) in [5, 5.41) is 6.57. The second-order valence-corrected chi connectivity index (χ2v) is 11.2. The number of rotatable bonds is 10. The Morgan fingerprint density at radius 2 is 1.49 bits per heavy atom. The number of anilines is 1. The minimum Gasteiger partial charge on any atom is -0.369 e. The number of carbonyl (C=O) groups is 1. The summed E-state index contributed by atoms with van der Waals surface area (Å²) in [7, 11) is 0. The molecule has 4 aromatic rings. The summed E-state index contributed by atoms with van der Waals surface area (Å²) in [6.45, 7) is 2.05. The van der Waals surface area contributed by atoms with Crippen molar-refractivity contribution < 1.29 is 4.79 Å². The molecule has 182 valence electrons. The molecule has 0 aliphatic heterocycles. The quantitative estimate of drug-likeness (QED) is 0.0842. The van der Waals surface area contributed by atoms with Crippen LogP contribution in [0.1, 0.15) is 12.0 Å². The van der Waals surface area contributed by atoms with Crippen LogP contribution in [0.2, 0.25) is 0 Å². The number of hydrogen-bond donors (Lipinski definition) is 1. The molecule has 5 nitrogen and oxygen atoms in total. The fraction of sp³-hybridized carbons (Fsp3) is 0.231. The van der Waals surface area contributed by atoms with Gasteiger partial charge in [0.2, 0.25) is 5.91 Å². The van der Waals surface area contributed by atoms with Gasteiger partial charge in [-0.2, -0.15) is 5.10 Å². The zero-order valence-electron chi connectivity index (χ0n) is 18.9. The number of amides is 1. The normalized spacial score (nSPS) is 11.5. The van der Waals surface area contributed by atoms with E-state index in [1.807, 2.05) is 24.3 Å². The van der Waals surface area contributed by atoms with Gasteiger partial charge in [0.1, 0.15) is 0 Å². The number of benzene rings is 3. The van der Waals surface area contributed by atoms with Gasteiger partial charge in [-0.3, -0.25) is 4.79 Å². The van der Waals surface area contributed by atoms with Crippen LogP contribution in [0.4, 0.5) is 5.69 Å². The van der Waals surface area contributed by atoms with Crippen molar-refractivity contribution in [3.05, 3.63) is 73.4 Å². The zero-order chi connectivity index (χ0) is 24.8. The van der Waals surface area contributed by atoms with Gasteiger partial charge in [-0.1, -0.05) is 12.1 Å². The van der Waals surface area contributed by atoms with Crippen molar-refractivity contribution >= 4 is 108 Å². The van der Waals surface area contributed by atoms with Gasteiger partial charge >= 0.3 is 0 Å². The predicted octanol–water partition coefficient (Wildman–Crippen LogP) is 6.83. The summed E-state index contributed by atoms with van der Waals surface area (Å²) >= 11 is 16.5. The Bertz CT molecular complexity index is 1290. The molecule has 1 aromatic heterocycles. The van der Waals surface area contributed by atoms with E-state index in [1.54, 1.807) is 6.21 Å². The second kappa shape index (κ2) is 12.6. The molecule has 0 spiro atoms. The third kappa shape index (κ3) is 6.61. The van der Waals surface area contributed by atoms with Crippen LogP contribution in [0.5, 0.6) is 0 Å². The van der Waals surface area contributed by atoms with Crippen molar-refractivity contribution in [1.29, 1.82) is 0 Å². The third-order valence-electron chi connectivity index (χ3n) is 5.72. The van der Waals surface area contributed by atoms with Gasteiger partial charge in [0.15, 0.2) is 0 Å². The van der Waals surface area contributed by atoms with Crippen LogP contribution < -0.4 is 10.3 Å². The first-order chi connectivity index (χ1) is 17.0. The summed E-state index contributed by atoms with van der Waals surface area (Å²) in [6.07, 6.45) is 1.98. The molecule has 0 fully saturated rings. The molecule has 1 N–H and O–H groups in total. The lowest BCUT2D eigenvalue weighted by Gasteiger charge is -2.22. The Morgan fingerprint density at radius 3 is 2.03 bits per heavy atom. The highest BCUT2D eigenvalue weighted by atomic mass is 127. The van der Waals surface area contributed by atoms with E-state index < -0.39 is 0 Å². The number of carbonyl (C=O) groups excluding carboxylic acids is 1. The predicted molar refractivity (Wildman–Crippen MR) is 165 cm³/mol. The minimum atomic E-state index is -0.126. The number of hydrazone groups is 1. The molecule has 0 saturated carbocycles. The van der Waals surface area contributed by atoms with Gasteiger partial charge in [-0.25, -0.2) is 5.43 Å². The van der Waals surface area contributed by atoms with E-state index in [0.717, 1.165) is 35.4 Å². The molecular weight excluding hydrogens is 709 g/mol. The number of hydrogen-bond acceptors (Lipinski definition) is 3. The molecule has 0 bridgehead atoms. The first kappa shape index (κ1) is 26.5. The van der Waals surface area contributed by atoms with Crippen LogP contribution in [0.25, 0.3) is 21.8 Å². The number of nitrogens with zero attached hydrogens (tertiary/aromatic N) is 3. The van der Waals surface area contributed by atoms with Gasteiger partial charge in [0.25, 0.3) is 0 Å². The fourth-order valence-corrected chi connectivity index (χ4v) is 5.47. The van der Waals surface area contributed by atoms with E-state index >= 15 is 0 Å². The number of halogens is 4. The SMILES string of the molecule is O=C(CCn1c2ccc(I)cc2c2cc(I)ccc21)N/N=C/c1ccc(N(CCCl)CCCl)cc1. The number of aryl methyl sites for hydroxylation is 1. The highest BCUT2D eigenvalue weighted by molar-refractivity contribution is 14.1. The summed E-state index contributed by atoms with van der Waals surface area (Å²) < 4.78 is 4.60. The monoisotopic (exact) mass is 732 g/mol. The van der Waals surface area contributed by atoms with E-state index in [4.69, 9.17) is 23.2 Å². The smallest absolute Gasteiger partial charge is 0.241 e. The third-order valence-corrected chi connectivity index (χ3v) is 7.40. The number of alkyl halides is 2. The van der Waals surface area contributed by atoms with E-state index in [9.17, 15) is 4.79 Å². The summed E-state index contributed by atoms with van der Waals surface area (Å²) in [5.74, 6) is 0.956. The van der Waals surface area contributed by atoms with Gasteiger partial charge in [0, 0.05) is 72.4 Å². The maximum Gasteiger partial charge on any atom is 0.241 e. The Kier molecular flexibility index (Phi) is 9.54. The summed E-state index contributed by atoms with van der Waals surface area (Å²) in [5.41, 5.74) is 6.88. The van der Waals surface area contributed by atoms with Crippen molar-refractivity contribution in [2.45, 2.75) is 13.0 Å². The Balaban J connectivity index is 1.40. The van der Waals surface area contributed by atoms with E-state index in [-0.39, 0.29) is 5.91 Å². The molecular formula is C26H24Cl2I2N4O. The number of fused-ring (bicyclic) bond motifs is 3. The minimum absolute atomic E-state index is 0.126. The average molecular weight is 733 g/mol. The molecule has 0 atom stereocenters. The lowest BCUT2D eigenvalue weighted by molar-refractivity contribution is -0.121. The van der Waals surface area contributed by atoms with Crippen LogP contribution in [0.3, 0.4) is 0 Å². The standard InChI is InChI=1S/C26H24Cl2I2N4O/c27-10-13-33(14-11-28)21-5-1-18(2-6-21)17-31-32-26(35)9-12-34-24-7-3-19(29)15-22(24)23-16-20(30)4-8-25(23)34/h1-8,15-17H,9-14H2,(H,32,35)/b31-17+. The summed E-state index contributed by atoms with van der Waals surface area (Å²) in [4.78, 5) is 14.7. The number of nitrogens with one attached hydrogen (secondary N) is 1. The highest BCUT2D eigenvalue weighted by Gasteiger charge is 2.12. The Hall–Kier alpha value is -1.56. The van der Waals surface area contributed by atoms with Crippen LogP contribution >= 0.6 is 68.4 Å². The van der Waals surface area contributed by atoms with Crippen LogP contribution in [-0.2, 0) is 11.3 Å². The largest absolute Gasteiger partial charge is 0.369 e. The molecule has 0 saturated heterocycles. The maximum atomic E-state index is 12.5. The molecule has 0 unspecified atom stereocenters. The molecule has 1 amide bonds. The lowest BCUT2D eigenvalue weighted by atomic mass is 10.2. The van der Waals surface area contributed by atoms with Crippen molar-refractivity contribution in [1.82, 2.24) is 9.99 Å². The van der Waals surface area contributed by atoms with Crippen LogP contribution in [-0.4, -0.2) is 41.5 Å². The first-order valence-corrected chi connectivity index (χ1v) is 14.4. The van der Waals surface area contributed by atoms with Crippen LogP contribution in [0, 0.1) is 7.14 Å². The first-order valence-electron chi connectivity index (χ1n) is 11.2. The van der Waals surface area contributed by atoms with E-state index in [1.165, 1.54) is 17.9 Å².